The molecule has 0 bridgehead atoms. The third-order valence-electron chi connectivity index (χ3n) is 4.95. The van der Waals surface area contributed by atoms with E-state index >= 15 is 0 Å². The van der Waals surface area contributed by atoms with Crippen LogP contribution in [-0.4, -0.2) is 51.3 Å². The Kier molecular flexibility index (Phi) is 8.95. The van der Waals surface area contributed by atoms with Gasteiger partial charge in [0.15, 0.2) is 6.10 Å². The second-order valence-electron chi connectivity index (χ2n) is 7.16. The highest BCUT2D eigenvalue weighted by molar-refractivity contribution is 7.99. The Labute approximate surface area is 173 Å². The summed E-state index contributed by atoms with van der Waals surface area (Å²) in [6.07, 6.45) is 7.76. The van der Waals surface area contributed by atoms with Crippen molar-refractivity contribution in [1.29, 1.82) is 0 Å². The van der Waals surface area contributed by atoms with Crippen molar-refractivity contribution >= 4 is 33.4 Å². The molecule has 0 unspecified atom stereocenters. The summed E-state index contributed by atoms with van der Waals surface area (Å²) in [6, 6.07) is 6.71. The van der Waals surface area contributed by atoms with Crippen LogP contribution in [-0.2, 0) is 14.8 Å². The summed E-state index contributed by atoms with van der Waals surface area (Å²) in [4.78, 5) is 12.4. The number of hydrogen-bond acceptors (Lipinski definition) is 5. The monoisotopic (exact) mass is 428 g/mol. The number of anilines is 1. The fourth-order valence-electron chi connectivity index (χ4n) is 3.16. The van der Waals surface area contributed by atoms with Gasteiger partial charge in [0.25, 0.3) is 5.91 Å². The molecule has 6 nitrogen and oxygen atoms in total. The summed E-state index contributed by atoms with van der Waals surface area (Å²) in [5.41, 5.74) is 0.548. The fourth-order valence-corrected chi connectivity index (χ4v) is 4.88. The average Bonchev–Trinajstić information content (AvgIpc) is 2.69. The van der Waals surface area contributed by atoms with E-state index in [0.29, 0.717) is 24.4 Å². The Balaban J connectivity index is 1.79. The maximum atomic E-state index is 12.4. The fraction of sp³-hybridized carbons (Fsp3) is 0.650. The van der Waals surface area contributed by atoms with Crippen LogP contribution in [0.1, 0.15) is 45.4 Å². The van der Waals surface area contributed by atoms with Gasteiger partial charge in [-0.2, -0.15) is 11.8 Å². The van der Waals surface area contributed by atoms with E-state index < -0.39 is 16.1 Å². The summed E-state index contributed by atoms with van der Waals surface area (Å²) < 4.78 is 30.2. The number of nitrogens with one attached hydrogen (secondary N) is 1. The molecule has 158 valence electrons. The highest BCUT2D eigenvalue weighted by Crippen LogP contribution is 2.27. The largest absolute Gasteiger partial charge is 0.481 e. The number of ether oxygens (including phenoxy) is 1. The van der Waals surface area contributed by atoms with Crippen LogP contribution in [0.15, 0.2) is 24.3 Å². The van der Waals surface area contributed by atoms with Crippen LogP contribution in [0.5, 0.6) is 5.75 Å². The molecule has 0 aliphatic heterocycles. The zero-order valence-electron chi connectivity index (χ0n) is 17.0. The van der Waals surface area contributed by atoms with Crippen molar-refractivity contribution in [2.45, 2.75) is 56.8 Å². The van der Waals surface area contributed by atoms with Crippen LogP contribution in [0.3, 0.4) is 0 Å². The number of carbonyl (C=O) groups excluding carboxylic acids is 1. The molecule has 1 atom stereocenters. The maximum Gasteiger partial charge on any atom is 0.261 e. The molecule has 0 saturated heterocycles. The molecule has 1 aromatic rings. The van der Waals surface area contributed by atoms with Gasteiger partial charge in [0.1, 0.15) is 5.75 Å². The van der Waals surface area contributed by atoms with Gasteiger partial charge in [0, 0.05) is 24.6 Å². The Morgan fingerprint density at radius 3 is 2.46 bits per heavy atom. The Bertz CT molecular complexity index is 716. The van der Waals surface area contributed by atoms with E-state index in [2.05, 4.69) is 5.32 Å². The van der Waals surface area contributed by atoms with Gasteiger partial charge in [-0.15, -0.1) is 0 Å². The van der Waals surface area contributed by atoms with Crippen LogP contribution in [0.4, 0.5) is 5.69 Å². The lowest BCUT2D eigenvalue weighted by molar-refractivity contribution is -0.127. The van der Waals surface area contributed by atoms with E-state index in [1.165, 1.54) is 43.5 Å². The predicted molar refractivity (Wildman–Crippen MR) is 117 cm³/mol. The van der Waals surface area contributed by atoms with Crippen LogP contribution < -0.4 is 14.4 Å². The van der Waals surface area contributed by atoms with E-state index in [0.717, 1.165) is 17.3 Å². The smallest absolute Gasteiger partial charge is 0.261 e. The molecule has 1 N–H and O–H groups in total. The van der Waals surface area contributed by atoms with Crippen molar-refractivity contribution in [3.63, 3.8) is 0 Å². The second-order valence-corrected chi connectivity index (χ2v) is 10.6. The van der Waals surface area contributed by atoms with Crippen LogP contribution in [0.2, 0.25) is 0 Å². The molecular weight excluding hydrogens is 396 g/mol. The molecule has 28 heavy (non-hydrogen) atoms. The van der Waals surface area contributed by atoms with E-state index in [4.69, 9.17) is 4.74 Å². The SMILES string of the molecule is CC[C@@H](Oc1ccc(N(C)S(C)(=O)=O)cc1)C(=O)NCCSC1CCCCC1. The standard InChI is InChI=1S/C20H32N2O4S2/c1-4-19(20(23)21-14-15-27-18-8-6-5-7-9-18)26-17-12-10-16(11-13-17)22(2)28(3,24)25/h10-13,18-19H,4-9,14-15H2,1-3H3,(H,21,23)/t19-/m1/s1. The summed E-state index contributed by atoms with van der Waals surface area (Å²) >= 11 is 1.96. The molecule has 8 heteroatoms. The van der Waals surface area contributed by atoms with E-state index in [9.17, 15) is 13.2 Å². The van der Waals surface area contributed by atoms with E-state index in [1.807, 2.05) is 18.7 Å². The summed E-state index contributed by atoms with van der Waals surface area (Å²) in [5, 5.41) is 3.71. The predicted octanol–water partition coefficient (Wildman–Crippen LogP) is 3.42. The summed E-state index contributed by atoms with van der Waals surface area (Å²) in [6.45, 7) is 2.56. The third kappa shape index (κ3) is 7.20. The van der Waals surface area contributed by atoms with Crippen molar-refractivity contribution in [2.24, 2.45) is 0 Å². The molecule has 0 radical (unpaired) electrons. The average molecular weight is 429 g/mol. The number of amides is 1. The highest BCUT2D eigenvalue weighted by atomic mass is 32.2. The number of hydrogen-bond donors (Lipinski definition) is 1. The molecule has 1 saturated carbocycles. The molecule has 2 rings (SSSR count). The lowest BCUT2D eigenvalue weighted by Crippen LogP contribution is -2.39. The van der Waals surface area contributed by atoms with Crippen molar-refractivity contribution in [3.8, 4) is 5.75 Å². The molecular formula is C20H32N2O4S2. The van der Waals surface area contributed by atoms with Gasteiger partial charge in [-0.1, -0.05) is 26.2 Å². The summed E-state index contributed by atoms with van der Waals surface area (Å²) in [5.74, 6) is 1.37. The zero-order valence-corrected chi connectivity index (χ0v) is 18.7. The van der Waals surface area contributed by atoms with Crippen molar-refractivity contribution in [1.82, 2.24) is 5.32 Å². The van der Waals surface area contributed by atoms with Crippen LogP contribution in [0, 0.1) is 0 Å². The van der Waals surface area contributed by atoms with Crippen molar-refractivity contribution in [2.75, 3.05) is 29.9 Å². The number of nitrogens with zero attached hydrogens (tertiary/aromatic N) is 1. The number of carbonyl (C=O) groups is 1. The lowest BCUT2D eigenvalue weighted by atomic mass is 10.0. The Morgan fingerprint density at radius 2 is 1.89 bits per heavy atom. The first kappa shape index (κ1) is 22.9. The normalized spacial score (nSPS) is 16.4. The summed E-state index contributed by atoms with van der Waals surface area (Å²) in [7, 11) is -1.81. The van der Waals surface area contributed by atoms with Gasteiger partial charge in [-0.25, -0.2) is 8.42 Å². The topological polar surface area (TPSA) is 75.7 Å². The maximum absolute atomic E-state index is 12.4. The highest BCUT2D eigenvalue weighted by Gasteiger charge is 2.19. The number of thioether (sulfide) groups is 1. The molecule has 0 heterocycles. The molecule has 1 aliphatic carbocycles. The molecule has 1 amide bonds. The lowest BCUT2D eigenvalue weighted by Gasteiger charge is -2.21. The quantitative estimate of drug-likeness (QED) is 0.578. The first-order valence-corrected chi connectivity index (χ1v) is 12.8. The van der Waals surface area contributed by atoms with Crippen LogP contribution in [0.25, 0.3) is 0 Å². The van der Waals surface area contributed by atoms with Gasteiger partial charge in [-0.3, -0.25) is 9.10 Å². The number of rotatable bonds is 10. The zero-order chi connectivity index (χ0) is 20.6. The minimum absolute atomic E-state index is 0.107. The van der Waals surface area contributed by atoms with Gasteiger partial charge in [-0.05, 0) is 43.5 Å². The molecule has 1 fully saturated rings. The molecule has 1 aliphatic rings. The third-order valence-corrected chi connectivity index (χ3v) is 7.53. The molecule has 0 aromatic heterocycles. The van der Waals surface area contributed by atoms with Gasteiger partial charge >= 0.3 is 0 Å². The first-order chi connectivity index (χ1) is 13.3. The minimum Gasteiger partial charge on any atom is -0.481 e. The van der Waals surface area contributed by atoms with E-state index in [1.54, 1.807) is 24.3 Å². The number of benzene rings is 1. The van der Waals surface area contributed by atoms with Crippen molar-refractivity contribution in [3.05, 3.63) is 24.3 Å². The second kappa shape index (κ2) is 11.0. The number of sulfonamides is 1. The molecule has 1 aromatic carbocycles. The first-order valence-electron chi connectivity index (χ1n) is 9.91. The van der Waals surface area contributed by atoms with Gasteiger partial charge in [0.05, 0.1) is 11.9 Å². The Hall–Kier alpha value is -1.41. The van der Waals surface area contributed by atoms with Gasteiger partial charge in [0.2, 0.25) is 10.0 Å². The van der Waals surface area contributed by atoms with Gasteiger partial charge < -0.3 is 10.1 Å². The van der Waals surface area contributed by atoms with Crippen molar-refractivity contribution < 1.29 is 17.9 Å². The minimum atomic E-state index is -3.30. The molecule has 0 spiro atoms. The Morgan fingerprint density at radius 1 is 1.25 bits per heavy atom. The van der Waals surface area contributed by atoms with Crippen LogP contribution >= 0.6 is 11.8 Å². The van der Waals surface area contributed by atoms with E-state index in [-0.39, 0.29) is 5.91 Å².